The van der Waals surface area contributed by atoms with Gasteiger partial charge in [0.15, 0.2) is 0 Å². The van der Waals surface area contributed by atoms with Crippen molar-refractivity contribution < 1.29 is 9.84 Å². The van der Waals surface area contributed by atoms with Crippen molar-refractivity contribution in [2.45, 2.75) is 51.2 Å². The van der Waals surface area contributed by atoms with E-state index in [9.17, 15) is 5.11 Å². The molecule has 1 saturated carbocycles. The first-order valence-electron chi connectivity index (χ1n) is 7.71. The molecule has 1 fully saturated rings. The van der Waals surface area contributed by atoms with E-state index in [1.807, 2.05) is 12.1 Å². The molecule has 0 spiro atoms. The van der Waals surface area contributed by atoms with Crippen LogP contribution in [0.3, 0.4) is 0 Å². The van der Waals surface area contributed by atoms with Crippen LogP contribution in [0.1, 0.15) is 38.2 Å². The fraction of sp³-hybridized carbons (Fsp3) is 0.647. The molecule has 0 bridgehead atoms. The lowest BCUT2D eigenvalue weighted by Gasteiger charge is -2.27. The number of rotatable bonds is 6. The van der Waals surface area contributed by atoms with E-state index in [-0.39, 0.29) is 6.10 Å². The largest absolute Gasteiger partial charge is 0.497 e. The fourth-order valence-electron chi connectivity index (χ4n) is 3.00. The van der Waals surface area contributed by atoms with Crippen LogP contribution in [0.5, 0.6) is 5.75 Å². The minimum atomic E-state index is -0.0764. The average molecular weight is 277 g/mol. The monoisotopic (exact) mass is 277 g/mol. The van der Waals surface area contributed by atoms with Crippen molar-refractivity contribution in [1.29, 1.82) is 0 Å². The highest BCUT2D eigenvalue weighted by Crippen LogP contribution is 2.23. The Kier molecular flexibility index (Phi) is 5.86. The molecule has 0 aromatic heterocycles. The van der Waals surface area contributed by atoms with Crippen molar-refractivity contribution in [2.24, 2.45) is 5.92 Å². The van der Waals surface area contributed by atoms with Crippen LogP contribution >= 0.6 is 0 Å². The topological polar surface area (TPSA) is 41.5 Å². The van der Waals surface area contributed by atoms with Crippen LogP contribution in [0.2, 0.25) is 0 Å². The van der Waals surface area contributed by atoms with E-state index in [0.717, 1.165) is 31.6 Å². The second kappa shape index (κ2) is 7.65. The highest BCUT2D eigenvalue weighted by molar-refractivity contribution is 5.27. The lowest BCUT2D eigenvalue weighted by Crippen LogP contribution is -2.35. The highest BCUT2D eigenvalue weighted by Gasteiger charge is 2.20. The molecule has 3 atom stereocenters. The van der Waals surface area contributed by atoms with Crippen molar-refractivity contribution in [1.82, 2.24) is 5.32 Å². The van der Waals surface area contributed by atoms with E-state index < -0.39 is 0 Å². The summed E-state index contributed by atoms with van der Waals surface area (Å²) in [4.78, 5) is 0. The van der Waals surface area contributed by atoms with Gasteiger partial charge in [-0.05, 0) is 62.8 Å². The lowest BCUT2D eigenvalue weighted by molar-refractivity contribution is 0.0998. The molecule has 0 radical (unpaired) electrons. The smallest absolute Gasteiger partial charge is 0.118 e. The van der Waals surface area contributed by atoms with Gasteiger partial charge in [0, 0.05) is 6.04 Å². The Bertz CT molecular complexity index is 390. The van der Waals surface area contributed by atoms with Crippen LogP contribution in [0, 0.1) is 5.92 Å². The minimum Gasteiger partial charge on any atom is -0.497 e. The molecule has 2 rings (SSSR count). The Morgan fingerprint density at radius 2 is 2.05 bits per heavy atom. The summed E-state index contributed by atoms with van der Waals surface area (Å²) in [5, 5.41) is 13.3. The molecule has 20 heavy (non-hydrogen) atoms. The van der Waals surface area contributed by atoms with Gasteiger partial charge < -0.3 is 15.2 Å². The zero-order chi connectivity index (χ0) is 14.4. The summed E-state index contributed by atoms with van der Waals surface area (Å²) in [7, 11) is 1.69. The summed E-state index contributed by atoms with van der Waals surface area (Å²) >= 11 is 0. The molecule has 112 valence electrons. The van der Waals surface area contributed by atoms with Gasteiger partial charge in [-0.2, -0.15) is 0 Å². The van der Waals surface area contributed by atoms with Gasteiger partial charge in [-0.3, -0.25) is 0 Å². The molecule has 0 heterocycles. The highest BCUT2D eigenvalue weighted by atomic mass is 16.5. The quantitative estimate of drug-likeness (QED) is 0.840. The molecular formula is C17H27NO2. The van der Waals surface area contributed by atoms with Crippen molar-refractivity contribution in [3.63, 3.8) is 0 Å². The Morgan fingerprint density at radius 3 is 2.70 bits per heavy atom. The van der Waals surface area contributed by atoms with Crippen LogP contribution in [0.4, 0.5) is 0 Å². The summed E-state index contributed by atoms with van der Waals surface area (Å²) in [6.07, 6.45) is 5.31. The molecule has 1 aromatic rings. The van der Waals surface area contributed by atoms with Crippen LogP contribution in [0.25, 0.3) is 0 Å². The normalized spacial score (nSPS) is 24.4. The number of benzene rings is 1. The van der Waals surface area contributed by atoms with Crippen LogP contribution in [-0.2, 0) is 6.42 Å². The summed E-state index contributed by atoms with van der Waals surface area (Å²) in [6, 6.07) is 8.74. The van der Waals surface area contributed by atoms with Gasteiger partial charge in [-0.25, -0.2) is 0 Å². The van der Waals surface area contributed by atoms with Crippen molar-refractivity contribution in [2.75, 3.05) is 13.7 Å². The van der Waals surface area contributed by atoms with E-state index >= 15 is 0 Å². The van der Waals surface area contributed by atoms with Gasteiger partial charge in [-0.15, -0.1) is 0 Å². The van der Waals surface area contributed by atoms with Crippen LogP contribution in [-0.4, -0.2) is 30.9 Å². The molecule has 3 nitrogen and oxygen atoms in total. The van der Waals surface area contributed by atoms with Crippen molar-refractivity contribution in [3.05, 3.63) is 29.8 Å². The summed E-state index contributed by atoms with van der Waals surface area (Å²) < 4.78 is 5.17. The second-order valence-electron chi connectivity index (χ2n) is 6.05. The van der Waals surface area contributed by atoms with Gasteiger partial charge >= 0.3 is 0 Å². The molecule has 0 aliphatic heterocycles. The first-order chi connectivity index (χ1) is 9.67. The second-order valence-corrected chi connectivity index (χ2v) is 6.05. The van der Waals surface area contributed by atoms with Gasteiger partial charge in [0.1, 0.15) is 5.75 Å². The van der Waals surface area contributed by atoms with Gasteiger partial charge in [0.25, 0.3) is 0 Å². The van der Waals surface area contributed by atoms with E-state index in [1.165, 1.54) is 18.4 Å². The molecule has 0 amide bonds. The van der Waals surface area contributed by atoms with Crippen LogP contribution < -0.4 is 10.1 Å². The lowest BCUT2D eigenvalue weighted by atomic mass is 9.87. The number of ether oxygens (including phenoxy) is 1. The predicted octanol–water partition coefficient (Wildman–Crippen LogP) is 2.77. The number of nitrogens with one attached hydrogen (secondary N) is 1. The van der Waals surface area contributed by atoms with E-state index in [0.29, 0.717) is 12.0 Å². The number of hydrogen-bond donors (Lipinski definition) is 2. The molecule has 2 N–H and O–H groups in total. The average Bonchev–Trinajstić information content (AvgIpc) is 2.46. The third-order valence-electron chi connectivity index (χ3n) is 4.21. The predicted molar refractivity (Wildman–Crippen MR) is 82.1 cm³/mol. The first-order valence-corrected chi connectivity index (χ1v) is 7.71. The SMILES string of the molecule is COc1ccc(CC(C)NCC2CCCC(O)C2)cc1. The summed E-state index contributed by atoms with van der Waals surface area (Å²) in [6.45, 7) is 3.25. The Labute approximate surface area is 122 Å². The number of hydrogen-bond acceptors (Lipinski definition) is 3. The van der Waals surface area contributed by atoms with Gasteiger partial charge in [-0.1, -0.05) is 18.6 Å². The third kappa shape index (κ3) is 4.80. The zero-order valence-corrected chi connectivity index (χ0v) is 12.6. The molecular weight excluding hydrogens is 250 g/mol. The summed E-state index contributed by atoms with van der Waals surface area (Å²) in [5.41, 5.74) is 1.33. The number of aliphatic hydroxyl groups is 1. The maximum atomic E-state index is 9.69. The van der Waals surface area contributed by atoms with Crippen molar-refractivity contribution in [3.8, 4) is 5.75 Å². The van der Waals surface area contributed by atoms with Gasteiger partial charge in [0.2, 0.25) is 0 Å². The molecule has 1 aliphatic rings. The Balaban J connectivity index is 1.72. The zero-order valence-electron chi connectivity index (χ0n) is 12.6. The number of methoxy groups -OCH3 is 1. The molecule has 1 aromatic carbocycles. The summed E-state index contributed by atoms with van der Waals surface area (Å²) in [5.74, 6) is 1.54. The molecule has 3 heteroatoms. The van der Waals surface area contributed by atoms with E-state index in [4.69, 9.17) is 4.74 Å². The Morgan fingerprint density at radius 1 is 1.30 bits per heavy atom. The van der Waals surface area contributed by atoms with E-state index in [2.05, 4.69) is 24.4 Å². The first kappa shape index (κ1) is 15.3. The fourth-order valence-corrected chi connectivity index (χ4v) is 3.00. The number of aliphatic hydroxyl groups excluding tert-OH is 1. The van der Waals surface area contributed by atoms with Crippen molar-refractivity contribution >= 4 is 0 Å². The molecule has 3 unspecified atom stereocenters. The minimum absolute atomic E-state index is 0.0764. The third-order valence-corrected chi connectivity index (χ3v) is 4.21. The molecule has 0 saturated heterocycles. The standard InChI is InChI=1S/C17H27NO2/c1-13(10-14-6-8-17(20-2)9-7-14)18-12-15-4-3-5-16(19)11-15/h6-9,13,15-16,18-19H,3-5,10-12H2,1-2H3. The maximum Gasteiger partial charge on any atom is 0.118 e. The Hall–Kier alpha value is -1.06. The molecule has 1 aliphatic carbocycles. The van der Waals surface area contributed by atoms with E-state index in [1.54, 1.807) is 7.11 Å². The van der Waals surface area contributed by atoms with Crippen LogP contribution in [0.15, 0.2) is 24.3 Å². The maximum absolute atomic E-state index is 9.69. The van der Waals surface area contributed by atoms with Gasteiger partial charge in [0.05, 0.1) is 13.2 Å².